The normalized spacial score (nSPS) is 12.2. The number of hydrogen-bond acceptors (Lipinski definition) is 5. The molecule has 6 nitrogen and oxygen atoms in total. The van der Waals surface area contributed by atoms with Crippen LogP contribution < -0.4 is 0 Å². The maximum absolute atomic E-state index is 11.8. The SMILES string of the molecule is CCCOC(=O)C(C=Nc1cc(Cl)c(Cl)c(C(=O)O)c1Cl)=C(C)O. The fourth-order valence-electron chi connectivity index (χ4n) is 1.57. The number of carbonyl (C=O) groups is 2. The van der Waals surface area contributed by atoms with E-state index in [9.17, 15) is 14.7 Å². The zero-order chi connectivity index (χ0) is 18.4. The largest absolute Gasteiger partial charge is 0.512 e. The van der Waals surface area contributed by atoms with Crippen LogP contribution in [0, 0.1) is 0 Å². The van der Waals surface area contributed by atoms with Crippen LogP contribution >= 0.6 is 34.8 Å². The Morgan fingerprint density at radius 1 is 1.25 bits per heavy atom. The van der Waals surface area contributed by atoms with Crippen LogP contribution in [-0.4, -0.2) is 35.0 Å². The van der Waals surface area contributed by atoms with Gasteiger partial charge in [0.2, 0.25) is 0 Å². The lowest BCUT2D eigenvalue weighted by Gasteiger charge is -2.08. The smallest absolute Gasteiger partial charge is 0.343 e. The van der Waals surface area contributed by atoms with Crippen molar-refractivity contribution in [2.24, 2.45) is 4.99 Å². The van der Waals surface area contributed by atoms with Gasteiger partial charge in [-0.25, -0.2) is 9.59 Å². The van der Waals surface area contributed by atoms with Crippen molar-refractivity contribution in [3.63, 3.8) is 0 Å². The number of aliphatic hydroxyl groups is 1. The van der Waals surface area contributed by atoms with E-state index in [4.69, 9.17) is 44.6 Å². The first-order chi connectivity index (χ1) is 11.2. The number of carboxylic acid groups (broad SMARTS) is 1. The lowest BCUT2D eigenvalue weighted by molar-refractivity contribution is -0.138. The molecule has 0 saturated carbocycles. The average molecular weight is 395 g/mol. The van der Waals surface area contributed by atoms with Gasteiger partial charge in [0.05, 0.1) is 27.4 Å². The summed E-state index contributed by atoms with van der Waals surface area (Å²) >= 11 is 17.7. The standard InChI is InChI=1S/C15H14Cl3NO5/c1-3-4-24-15(23)8(7(2)20)6-19-10-5-9(16)12(17)11(13(10)18)14(21)22/h5-6,20H,3-4H2,1-2H3,(H,21,22). The molecule has 130 valence electrons. The van der Waals surface area contributed by atoms with Gasteiger partial charge in [-0.1, -0.05) is 41.7 Å². The molecule has 1 rings (SSSR count). The molecule has 0 heterocycles. The second kappa shape index (κ2) is 8.92. The Hall–Kier alpha value is -1.76. The predicted octanol–water partition coefficient (Wildman–Crippen LogP) is 4.83. The number of aromatic carboxylic acids is 1. The van der Waals surface area contributed by atoms with Crippen LogP contribution in [0.25, 0.3) is 0 Å². The van der Waals surface area contributed by atoms with Gasteiger partial charge in [0.25, 0.3) is 0 Å². The van der Waals surface area contributed by atoms with Crippen LogP contribution in [0.3, 0.4) is 0 Å². The maximum Gasteiger partial charge on any atom is 0.343 e. The number of carbonyl (C=O) groups excluding carboxylic acids is 1. The molecule has 0 aromatic heterocycles. The van der Waals surface area contributed by atoms with E-state index in [0.29, 0.717) is 6.42 Å². The van der Waals surface area contributed by atoms with E-state index >= 15 is 0 Å². The van der Waals surface area contributed by atoms with Crippen LogP contribution in [0.5, 0.6) is 0 Å². The maximum atomic E-state index is 11.8. The number of hydrogen-bond donors (Lipinski definition) is 2. The summed E-state index contributed by atoms with van der Waals surface area (Å²) in [4.78, 5) is 27.0. The summed E-state index contributed by atoms with van der Waals surface area (Å²) in [5.41, 5.74) is -0.620. The van der Waals surface area contributed by atoms with Gasteiger partial charge in [0, 0.05) is 6.21 Å². The number of nitrogens with zero attached hydrogens (tertiary/aromatic N) is 1. The zero-order valence-electron chi connectivity index (χ0n) is 12.8. The molecule has 2 N–H and O–H groups in total. The van der Waals surface area contributed by atoms with Gasteiger partial charge in [-0.3, -0.25) is 4.99 Å². The first kappa shape index (κ1) is 20.3. The molecule has 0 aliphatic rings. The summed E-state index contributed by atoms with van der Waals surface area (Å²) in [6.07, 6.45) is 1.63. The summed E-state index contributed by atoms with van der Waals surface area (Å²) < 4.78 is 4.92. The van der Waals surface area contributed by atoms with Crippen LogP contribution in [0.1, 0.15) is 30.6 Å². The van der Waals surface area contributed by atoms with Gasteiger partial charge >= 0.3 is 11.9 Å². The Balaban J connectivity index is 3.28. The molecule has 1 aromatic rings. The highest BCUT2D eigenvalue weighted by Crippen LogP contribution is 2.38. The number of carboxylic acids is 1. The summed E-state index contributed by atoms with van der Waals surface area (Å²) in [6.45, 7) is 3.29. The van der Waals surface area contributed by atoms with E-state index in [-0.39, 0.29) is 38.7 Å². The zero-order valence-corrected chi connectivity index (χ0v) is 15.0. The van der Waals surface area contributed by atoms with E-state index in [1.807, 2.05) is 6.92 Å². The molecule has 0 saturated heterocycles. The Kier molecular flexibility index (Phi) is 7.54. The summed E-state index contributed by atoms with van der Waals surface area (Å²) in [7, 11) is 0. The fraction of sp³-hybridized carbons (Fsp3) is 0.267. The van der Waals surface area contributed by atoms with Crippen molar-refractivity contribution in [2.75, 3.05) is 6.61 Å². The lowest BCUT2D eigenvalue weighted by Crippen LogP contribution is -2.11. The van der Waals surface area contributed by atoms with E-state index < -0.39 is 17.5 Å². The highest BCUT2D eigenvalue weighted by molar-refractivity contribution is 6.47. The Labute approximate surface area is 153 Å². The van der Waals surface area contributed by atoms with Gasteiger partial charge < -0.3 is 14.9 Å². The van der Waals surface area contributed by atoms with Crippen molar-refractivity contribution in [3.8, 4) is 0 Å². The molecule has 0 atom stereocenters. The number of aliphatic hydroxyl groups excluding tert-OH is 1. The number of halogens is 3. The van der Waals surface area contributed by atoms with Crippen LogP contribution in [0.15, 0.2) is 22.4 Å². The van der Waals surface area contributed by atoms with Crippen molar-refractivity contribution in [3.05, 3.63) is 38.0 Å². The van der Waals surface area contributed by atoms with Crippen molar-refractivity contribution in [2.45, 2.75) is 20.3 Å². The lowest BCUT2D eigenvalue weighted by atomic mass is 10.2. The highest BCUT2D eigenvalue weighted by atomic mass is 35.5. The monoisotopic (exact) mass is 393 g/mol. The second-order valence-corrected chi connectivity index (χ2v) is 5.74. The van der Waals surface area contributed by atoms with Gasteiger partial charge in [-0.2, -0.15) is 0 Å². The Morgan fingerprint density at radius 3 is 2.38 bits per heavy atom. The number of allylic oxidation sites excluding steroid dienone is 1. The first-order valence-corrected chi connectivity index (χ1v) is 7.85. The molecular formula is C15H14Cl3NO5. The minimum Gasteiger partial charge on any atom is -0.512 e. The molecule has 0 radical (unpaired) electrons. The molecule has 9 heteroatoms. The Bertz CT molecular complexity index is 724. The third kappa shape index (κ3) is 4.87. The van der Waals surface area contributed by atoms with Gasteiger partial charge in [-0.05, 0) is 19.4 Å². The van der Waals surface area contributed by atoms with Crippen molar-refractivity contribution < 1.29 is 24.5 Å². The Morgan fingerprint density at radius 2 is 1.88 bits per heavy atom. The van der Waals surface area contributed by atoms with Gasteiger partial charge in [0.15, 0.2) is 0 Å². The number of benzene rings is 1. The van der Waals surface area contributed by atoms with E-state index in [1.54, 1.807) is 0 Å². The average Bonchev–Trinajstić information content (AvgIpc) is 2.49. The highest BCUT2D eigenvalue weighted by Gasteiger charge is 2.20. The first-order valence-electron chi connectivity index (χ1n) is 6.72. The molecule has 1 aromatic carbocycles. The summed E-state index contributed by atoms with van der Waals surface area (Å²) in [5, 5.41) is 18.2. The topological polar surface area (TPSA) is 96.2 Å². The molecule has 0 spiro atoms. The van der Waals surface area contributed by atoms with Crippen LogP contribution in [-0.2, 0) is 9.53 Å². The van der Waals surface area contributed by atoms with E-state index in [0.717, 1.165) is 6.21 Å². The van der Waals surface area contributed by atoms with E-state index in [2.05, 4.69) is 4.99 Å². The molecule has 24 heavy (non-hydrogen) atoms. The molecular weight excluding hydrogens is 381 g/mol. The van der Waals surface area contributed by atoms with Crippen LogP contribution in [0.2, 0.25) is 15.1 Å². The second-order valence-electron chi connectivity index (χ2n) is 4.58. The van der Waals surface area contributed by atoms with E-state index in [1.165, 1.54) is 13.0 Å². The molecule has 0 amide bonds. The minimum absolute atomic E-state index is 0.0227. The minimum atomic E-state index is -1.37. The third-order valence-electron chi connectivity index (χ3n) is 2.73. The molecule has 0 unspecified atom stereocenters. The molecule has 0 aliphatic heterocycles. The fourth-order valence-corrected chi connectivity index (χ4v) is 2.33. The van der Waals surface area contributed by atoms with Gasteiger partial charge in [-0.15, -0.1) is 0 Å². The molecule has 0 aliphatic carbocycles. The summed E-state index contributed by atoms with van der Waals surface area (Å²) in [5.74, 6) is -2.45. The molecule has 0 fully saturated rings. The van der Waals surface area contributed by atoms with Gasteiger partial charge in [0.1, 0.15) is 16.9 Å². The van der Waals surface area contributed by atoms with Crippen molar-refractivity contribution >= 4 is 58.6 Å². The van der Waals surface area contributed by atoms with Crippen LogP contribution in [0.4, 0.5) is 5.69 Å². The van der Waals surface area contributed by atoms with Crippen molar-refractivity contribution in [1.82, 2.24) is 0 Å². The molecule has 0 bridgehead atoms. The number of rotatable bonds is 6. The summed E-state index contributed by atoms with van der Waals surface area (Å²) in [6, 6.07) is 1.25. The number of esters is 1. The number of aliphatic imine (C=N–C) groups is 1. The number of ether oxygens (including phenoxy) is 1. The third-order valence-corrected chi connectivity index (χ3v) is 3.90. The predicted molar refractivity (Wildman–Crippen MR) is 93.2 cm³/mol. The van der Waals surface area contributed by atoms with Crippen molar-refractivity contribution in [1.29, 1.82) is 0 Å². The quantitative estimate of drug-likeness (QED) is 0.237.